The molecular formula is C21H17ClN2OS2. The summed E-state index contributed by atoms with van der Waals surface area (Å²) in [6.45, 7) is 2.12. The van der Waals surface area contributed by atoms with Crippen molar-refractivity contribution in [3.63, 3.8) is 0 Å². The van der Waals surface area contributed by atoms with Crippen molar-refractivity contribution < 1.29 is 4.74 Å². The van der Waals surface area contributed by atoms with Crippen LogP contribution in [0.4, 0.5) is 0 Å². The summed E-state index contributed by atoms with van der Waals surface area (Å²) in [4.78, 5) is 10.2. The van der Waals surface area contributed by atoms with Gasteiger partial charge in [-0.25, -0.2) is 9.97 Å². The first-order chi connectivity index (χ1) is 13.2. The van der Waals surface area contributed by atoms with Crippen LogP contribution in [0.25, 0.3) is 21.3 Å². The molecule has 0 aliphatic rings. The number of thioether (sulfide) groups is 1. The first-order valence-electron chi connectivity index (χ1n) is 8.42. The third-order valence-electron chi connectivity index (χ3n) is 4.39. The fourth-order valence-corrected chi connectivity index (χ4v) is 5.15. The zero-order valence-corrected chi connectivity index (χ0v) is 17.3. The lowest BCUT2D eigenvalue weighted by atomic mass is 10.1. The molecule has 0 amide bonds. The van der Waals surface area contributed by atoms with E-state index in [0.717, 1.165) is 32.8 Å². The molecule has 0 unspecified atom stereocenters. The van der Waals surface area contributed by atoms with Gasteiger partial charge in [-0.15, -0.1) is 11.3 Å². The number of halogens is 1. The quantitative estimate of drug-likeness (QED) is 0.209. The largest absolute Gasteiger partial charge is 0.497 e. The van der Waals surface area contributed by atoms with Crippen LogP contribution in [0.5, 0.6) is 5.75 Å². The van der Waals surface area contributed by atoms with Gasteiger partial charge in [-0.3, -0.25) is 0 Å². The van der Waals surface area contributed by atoms with Crippen molar-refractivity contribution in [1.82, 2.24) is 9.97 Å². The fourth-order valence-electron chi connectivity index (χ4n) is 2.84. The summed E-state index contributed by atoms with van der Waals surface area (Å²) < 4.78 is 5.23. The Morgan fingerprint density at radius 1 is 1.07 bits per heavy atom. The number of hydrogen-bond donors (Lipinski definition) is 0. The fraction of sp³-hybridized carbons (Fsp3) is 0.143. The SMILES string of the molecule is COc1ccc(-c2csc3nc(SCc4ccccc4C)nc(Cl)c23)cc1. The second-order valence-electron chi connectivity index (χ2n) is 6.07. The molecule has 0 fully saturated rings. The summed E-state index contributed by atoms with van der Waals surface area (Å²) in [7, 11) is 1.66. The van der Waals surface area contributed by atoms with Gasteiger partial charge < -0.3 is 4.74 Å². The molecule has 2 heterocycles. The lowest BCUT2D eigenvalue weighted by Crippen LogP contribution is -1.91. The van der Waals surface area contributed by atoms with E-state index in [9.17, 15) is 0 Å². The maximum atomic E-state index is 6.55. The molecular weight excluding hydrogens is 396 g/mol. The van der Waals surface area contributed by atoms with Gasteiger partial charge in [-0.1, -0.05) is 59.8 Å². The first kappa shape index (κ1) is 18.3. The summed E-state index contributed by atoms with van der Waals surface area (Å²) in [5.74, 6) is 1.65. The van der Waals surface area contributed by atoms with E-state index in [1.807, 2.05) is 24.3 Å². The summed E-state index contributed by atoms with van der Waals surface area (Å²) in [5.41, 5.74) is 4.69. The van der Waals surface area contributed by atoms with Gasteiger partial charge in [0.05, 0.1) is 12.5 Å². The van der Waals surface area contributed by atoms with E-state index in [1.165, 1.54) is 11.1 Å². The second-order valence-corrected chi connectivity index (χ2v) is 8.23. The molecule has 0 spiro atoms. The molecule has 0 aliphatic heterocycles. The first-order valence-corrected chi connectivity index (χ1v) is 10.7. The molecule has 2 aromatic heterocycles. The van der Waals surface area contributed by atoms with Crippen LogP contribution in [0.15, 0.2) is 59.1 Å². The van der Waals surface area contributed by atoms with Crippen molar-refractivity contribution in [3.05, 3.63) is 70.2 Å². The van der Waals surface area contributed by atoms with E-state index < -0.39 is 0 Å². The molecule has 2 aromatic carbocycles. The number of fused-ring (bicyclic) bond motifs is 1. The Labute approximate surface area is 171 Å². The van der Waals surface area contributed by atoms with Gasteiger partial charge in [0.2, 0.25) is 0 Å². The normalized spacial score (nSPS) is 11.1. The maximum Gasteiger partial charge on any atom is 0.190 e. The number of nitrogens with zero attached hydrogens (tertiary/aromatic N) is 2. The number of rotatable bonds is 5. The summed E-state index contributed by atoms with van der Waals surface area (Å²) in [6, 6.07) is 16.3. The number of thiophene rings is 1. The highest BCUT2D eigenvalue weighted by atomic mass is 35.5. The number of aryl methyl sites for hydroxylation is 1. The number of benzene rings is 2. The molecule has 136 valence electrons. The van der Waals surface area contributed by atoms with Gasteiger partial charge in [0.25, 0.3) is 0 Å². The predicted molar refractivity (Wildman–Crippen MR) is 115 cm³/mol. The molecule has 27 heavy (non-hydrogen) atoms. The Kier molecular flexibility index (Phi) is 5.34. The van der Waals surface area contributed by atoms with Gasteiger partial charge in [0.1, 0.15) is 15.7 Å². The molecule has 3 nitrogen and oxygen atoms in total. The maximum absolute atomic E-state index is 6.55. The average Bonchev–Trinajstić information content (AvgIpc) is 3.12. The Bertz CT molecular complexity index is 1090. The van der Waals surface area contributed by atoms with Crippen molar-refractivity contribution >= 4 is 44.9 Å². The van der Waals surface area contributed by atoms with Crippen LogP contribution < -0.4 is 4.74 Å². The van der Waals surface area contributed by atoms with Gasteiger partial charge in [0, 0.05) is 16.7 Å². The summed E-state index contributed by atoms with van der Waals surface area (Å²) in [5, 5.41) is 4.20. The second kappa shape index (κ2) is 7.89. The Morgan fingerprint density at radius 2 is 1.85 bits per heavy atom. The molecule has 4 rings (SSSR count). The van der Waals surface area contributed by atoms with E-state index >= 15 is 0 Å². The molecule has 0 saturated heterocycles. The monoisotopic (exact) mass is 412 g/mol. The van der Waals surface area contributed by atoms with Crippen LogP contribution in [-0.4, -0.2) is 17.1 Å². The van der Waals surface area contributed by atoms with Gasteiger partial charge in [-0.05, 0) is 35.7 Å². The average molecular weight is 413 g/mol. The zero-order valence-electron chi connectivity index (χ0n) is 14.9. The molecule has 0 radical (unpaired) electrons. The Morgan fingerprint density at radius 3 is 2.59 bits per heavy atom. The lowest BCUT2D eigenvalue weighted by Gasteiger charge is -2.06. The van der Waals surface area contributed by atoms with Crippen molar-refractivity contribution in [2.45, 2.75) is 17.8 Å². The van der Waals surface area contributed by atoms with E-state index in [1.54, 1.807) is 30.2 Å². The predicted octanol–water partition coefficient (Wildman–Crippen LogP) is 6.62. The van der Waals surface area contributed by atoms with Crippen LogP contribution in [0.1, 0.15) is 11.1 Å². The highest BCUT2D eigenvalue weighted by molar-refractivity contribution is 7.98. The van der Waals surface area contributed by atoms with Crippen molar-refractivity contribution in [2.24, 2.45) is 0 Å². The minimum atomic E-state index is 0.499. The molecule has 0 aliphatic carbocycles. The van der Waals surface area contributed by atoms with Crippen molar-refractivity contribution in [1.29, 1.82) is 0 Å². The summed E-state index contributed by atoms with van der Waals surface area (Å²) in [6.07, 6.45) is 0. The van der Waals surface area contributed by atoms with E-state index in [2.05, 4.69) is 41.6 Å². The highest BCUT2D eigenvalue weighted by Crippen LogP contribution is 2.38. The highest BCUT2D eigenvalue weighted by Gasteiger charge is 2.15. The van der Waals surface area contributed by atoms with E-state index in [4.69, 9.17) is 21.3 Å². The van der Waals surface area contributed by atoms with Gasteiger partial charge >= 0.3 is 0 Å². The zero-order chi connectivity index (χ0) is 18.8. The Hall–Kier alpha value is -2.08. The van der Waals surface area contributed by atoms with Crippen LogP contribution in [0, 0.1) is 6.92 Å². The molecule has 6 heteroatoms. The van der Waals surface area contributed by atoms with Crippen molar-refractivity contribution in [2.75, 3.05) is 7.11 Å². The topological polar surface area (TPSA) is 35.0 Å². The number of aromatic nitrogens is 2. The minimum absolute atomic E-state index is 0.499. The van der Waals surface area contributed by atoms with Crippen LogP contribution in [-0.2, 0) is 5.75 Å². The molecule has 0 saturated carbocycles. The molecule has 0 bridgehead atoms. The minimum Gasteiger partial charge on any atom is -0.497 e. The number of ether oxygens (including phenoxy) is 1. The number of methoxy groups -OCH3 is 1. The standard InChI is InChI=1S/C21H17ClN2OS2/c1-13-5-3-4-6-15(13)11-27-21-23-19(22)18-17(12-26-20(18)24-21)14-7-9-16(25-2)10-8-14/h3-10,12H,11H2,1-2H3. The molecule has 0 N–H and O–H groups in total. The van der Waals surface area contributed by atoms with Crippen molar-refractivity contribution in [3.8, 4) is 16.9 Å². The molecule has 4 aromatic rings. The number of hydrogen-bond acceptors (Lipinski definition) is 5. The van der Waals surface area contributed by atoms with Gasteiger partial charge in [-0.2, -0.15) is 0 Å². The lowest BCUT2D eigenvalue weighted by molar-refractivity contribution is 0.415. The molecule has 0 atom stereocenters. The van der Waals surface area contributed by atoms with Crippen LogP contribution >= 0.6 is 34.7 Å². The Balaban J connectivity index is 1.64. The smallest absolute Gasteiger partial charge is 0.190 e. The third kappa shape index (κ3) is 3.81. The van der Waals surface area contributed by atoms with Crippen LogP contribution in [0.2, 0.25) is 5.15 Å². The van der Waals surface area contributed by atoms with Gasteiger partial charge in [0.15, 0.2) is 5.16 Å². The van der Waals surface area contributed by atoms with Crippen LogP contribution in [0.3, 0.4) is 0 Å². The summed E-state index contributed by atoms with van der Waals surface area (Å²) >= 11 is 9.75. The van der Waals surface area contributed by atoms with E-state index in [0.29, 0.717) is 10.3 Å². The third-order valence-corrected chi connectivity index (χ3v) is 6.43. The van der Waals surface area contributed by atoms with E-state index in [-0.39, 0.29) is 0 Å².